The van der Waals surface area contributed by atoms with Crippen LogP contribution in [0.2, 0.25) is 5.02 Å². The molecule has 6 heteroatoms. The van der Waals surface area contributed by atoms with Crippen molar-refractivity contribution in [3.8, 4) is 5.75 Å². The zero-order valence-corrected chi connectivity index (χ0v) is 18.2. The number of pyridine rings is 1. The first-order chi connectivity index (χ1) is 14.0. The quantitative estimate of drug-likeness (QED) is 0.569. The van der Waals surface area contributed by atoms with Crippen molar-refractivity contribution in [2.45, 2.75) is 39.2 Å². The van der Waals surface area contributed by atoms with Gasteiger partial charge in [0, 0.05) is 18.3 Å². The summed E-state index contributed by atoms with van der Waals surface area (Å²) < 4.78 is 8.19. The molecule has 4 rings (SSSR count). The van der Waals surface area contributed by atoms with Crippen LogP contribution in [0.5, 0.6) is 5.75 Å². The summed E-state index contributed by atoms with van der Waals surface area (Å²) in [4.78, 5) is 11.7. The van der Waals surface area contributed by atoms with Gasteiger partial charge >= 0.3 is 0 Å². The van der Waals surface area contributed by atoms with E-state index in [2.05, 4.69) is 41.4 Å². The maximum Gasteiger partial charge on any atom is 0.159 e. The van der Waals surface area contributed by atoms with E-state index in [4.69, 9.17) is 21.3 Å². The third-order valence-electron chi connectivity index (χ3n) is 5.66. The van der Waals surface area contributed by atoms with Crippen molar-refractivity contribution < 1.29 is 4.74 Å². The lowest BCUT2D eigenvalue weighted by atomic mass is 9.88. The molecule has 3 heterocycles. The first-order valence-corrected chi connectivity index (χ1v) is 10.8. The molecule has 1 aromatic carbocycles. The summed E-state index contributed by atoms with van der Waals surface area (Å²) >= 11 is 6.31. The zero-order chi connectivity index (χ0) is 20.4. The Labute approximate surface area is 177 Å². The third kappa shape index (κ3) is 4.57. The smallest absolute Gasteiger partial charge is 0.159 e. The van der Waals surface area contributed by atoms with E-state index in [1.807, 2.05) is 30.5 Å². The fourth-order valence-electron chi connectivity index (χ4n) is 4.04. The second kappa shape index (κ2) is 8.72. The number of ether oxygens (including phenoxy) is 1. The molecule has 154 valence electrons. The Balaban J connectivity index is 1.43. The average molecular weight is 413 g/mol. The average Bonchev–Trinajstić information content (AvgIpc) is 3.03. The summed E-state index contributed by atoms with van der Waals surface area (Å²) in [5.41, 5.74) is 3.17. The number of likely N-dealkylation sites (tertiary alicyclic amines) is 1. The van der Waals surface area contributed by atoms with Gasteiger partial charge < -0.3 is 9.30 Å². The number of imidazole rings is 1. The number of halogens is 1. The van der Waals surface area contributed by atoms with Gasteiger partial charge in [-0.05, 0) is 73.7 Å². The summed E-state index contributed by atoms with van der Waals surface area (Å²) in [6.45, 7) is 8.00. The van der Waals surface area contributed by atoms with Gasteiger partial charge in [0.25, 0.3) is 0 Å². The topological polar surface area (TPSA) is 43.2 Å². The number of hydrogen-bond donors (Lipinski definition) is 0. The van der Waals surface area contributed by atoms with Crippen LogP contribution >= 0.6 is 11.6 Å². The van der Waals surface area contributed by atoms with Gasteiger partial charge in [0.05, 0.1) is 13.2 Å². The molecule has 0 radical (unpaired) electrons. The number of aromatic nitrogens is 3. The normalized spacial score (nSPS) is 16.0. The predicted molar refractivity (Wildman–Crippen MR) is 118 cm³/mol. The van der Waals surface area contributed by atoms with Crippen molar-refractivity contribution in [1.82, 2.24) is 19.4 Å². The highest BCUT2D eigenvalue weighted by molar-refractivity contribution is 6.30. The molecule has 1 aliphatic rings. The van der Waals surface area contributed by atoms with Gasteiger partial charge in [-0.2, -0.15) is 0 Å². The van der Waals surface area contributed by atoms with Crippen LogP contribution in [0, 0.1) is 5.92 Å². The van der Waals surface area contributed by atoms with E-state index in [9.17, 15) is 0 Å². The first-order valence-electron chi connectivity index (χ1n) is 10.4. The number of benzene rings is 1. The molecular weight excluding hydrogens is 384 g/mol. The Kier molecular flexibility index (Phi) is 6.07. The lowest BCUT2D eigenvalue weighted by Crippen LogP contribution is -2.33. The fraction of sp³-hybridized carbons (Fsp3) is 0.478. The van der Waals surface area contributed by atoms with E-state index in [1.54, 1.807) is 0 Å². The minimum atomic E-state index is 0.481. The summed E-state index contributed by atoms with van der Waals surface area (Å²) in [5, 5.41) is 0.784. The molecule has 0 saturated carbocycles. The van der Waals surface area contributed by atoms with E-state index in [-0.39, 0.29) is 0 Å². The molecule has 5 nitrogen and oxygen atoms in total. The Hall–Kier alpha value is -2.11. The second-order valence-electron chi connectivity index (χ2n) is 8.37. The minimum Gasteiger partial charge on any atom is -0.493 e. The van der Waals surface area contributed by atoms with Gasteiger partial charge in [-0.3, -0.25) is 4.90 Å². The highest BCUT2D eigenvalue weighted by Gasteiger charge is 2.24. The Morgan fingerprint density at radius 1 is 1.21 bits per heavy atom. The molecule has 1 aliphatic heterocycles. The number of fused-ring (bicyclic) bond motifs is 1. The summed E-state index contributed by atoms with van der Waals surface area (Å²) in [6, 6.07) is 10.0. The van der Waals surface area contributed by atoms with E-state index >= 15 is 0 Å². The molecule has 1 fully saturated rings. The molecule has 29 heavy (non-hydrogen) atoms. The van der Waals surface area contributed by atoms with Gasteiger partial charge in [0.2, 0.25) is 0 Å². The van der Waals surface area contributed by atoms with Crippen LogP contribution in [0.25, 0.3) is 11.2 Å². The largest absolute Gasteiger partial charge is 0.493 e. The fourth-order valence-corrected chi connectivity index (χ4v) is 4.22. The minimum absolute atomic E-state index is 0.481. The van der Waals surface area contributed by atoms with Crippen LogP contribution in [0.4, 0.5) is 0 Å². The molecule has 0 atom stereocenters. The lowest BCUT2D eigenvalue weighted by molar-refractivity contribution is 0.195. The van der Waals surface area contributed by atoms with E-state index < -0.39 is 0 Å². The van der Waals surface area contributed by atoms with Crippen LogP contribution in [-0.2, 0) is 13.6 Å². The van der Waals surface area contributed by atoms with Gasteiger partial charge in [-0.25, -0.2) is 9.97 Å². The van der Waals surface area contributed by atoms with Crippen molar-refractivity contribution in [3.05, 3.63) is 52.9 Å². The zero-order valence-electron chi connectivity index (χ0n) is 17.4. The second-order valence-corrected chi connectivity index (χ2v) is 8.81. The van der Waals surface area contributed by atoms with Gasteiger partial charge in [-0.15, -0.1) is 0 Å². The Morgan fingerprint density at radius 2 is 2.00 bits per heavy atom. The Bertz CT molecular complexity index is 976. The predicted octanol–water partition coefficient (Wildman–Crippen LogP) is 5.04. The lowest BCUT2D eigenvalue weighted by Gasteiger charge is -2.32. The van der Waals surface area contributed by atoms with Gasteiger partial charge in [0.15, 0.2) is 5.65 Å². The van der Waals surface area contributed by atoms with Crippen LogP contribution < -0.4 is 4.74 Å². The van der Waals surface area contributed by atoms with Crippen molar-refractivity contribution >= 4 is 22.8 Å². The molecule has 0 N–H and O–H groups in total. The molecule has 1 saturated heterocycles. The van der Waals surface area contributed by atoms with Crippen LogP contribution in [0.3, 0.4) is 0 Å². The molecule has 0 bridgehead atoms. The molecule has 3 aromatic rings. The van der Waals surface area contributed by atoms with Crippen LogP contribution in [0.1, 0.15) is 44.0 Å². The third-order valence-corrected chi connectivity index (χ3v) is 5.89. The molecule has 0 aliphatic carbocycles. The van der Waals surface area contributed by atoms with Crippen LogP contribution in [0.15, 0.2) is 36.5 Å². The maximum absolute atomic E-state index is 6.31. The van der Waals surface area contributed by atoms with E-state index in [0.29, 0.717) is 11.8 Å². The first kappa shape index (κ1) is 20.2. The molecule has 0 amide bonds. The van der Waals surface area contributed by atoms with Crippen molar-refractivity contribution in [2.75, 3.05) is 19.7 Å². The molecule has 2 aromatic heterocycles. The summed E-state index contributed by atoms with van der Waals surface area (Å²) in [6.07, 6.45) is 4.02. The van der Waals surface area contributed by atoms with Gasteiger partial charge in [-0.1, -0.05) is 25.4 Å². The van der Waals surface area contributed by atoms with Crippen molar-refractivity contribution in [3.63, 3.8) is 0 Å². The Morgan fingerprint density at radius 3 is 2.72 bits per heavy atom. The van der Waals surface area contributed by atoms with Crippen molar-refractivity contribution in [1.29, 1.82) is 0 Å². The number of rotatable bonds is 6. The van der Waals surface area contributed by atoms with E-state index in [0.717, 1.165) is 66.8 Å². The molecular formula is C23H29ClN4O. The van der Waals surface area contributed by atoms with Gasteiger partial charge in [0.1, 0.15) is 17.1 Å². The van der Waals surface area contributed by atoms with Crippen molar-refractivity contribution in [2.24, 2.45) is 13.0 Å². The highest BCUT2D eigenvalue weighted by atomic mass is 35.5. The molecule has 0 unspecified atom stereocenters. The maximum atomic E-state index is 6.31. The number of piperidine rings is 1. The number of aryl methyl sites for hydroxylation is 1. The summed E-state index contributed by atoms with van der Waals surface area (Å²) in [7, 11) is 2.05. The highest BCUT2D eigenvalue weighted by Crippen LogP contribution is 2.36. The van der Waals surface area contributed by atoms with Crippen LogP contribution in [-0.4, -0.2) is 39.1 Å². The molecule has 0 spiro atoms. The number of nitrogens with zero attached hydrogens (tertiary/aromatic N) is 4. The standard InChI is InChI=1S/C23H29ClN4O/c1-16(2)15-29-21-7-6-18(24)13-19(21)17-8-11-28(12-9-17)14-22-26-20-5-4-10-25-23(20)27(22)3/h4-7,10,13,16-17H,8-9,11-12,14-15H2,1-3H3. The SMILES string of the molecule is CC(C)COc1ccc(Cl)cc1C1CCN(Cc2nc3cccnc3n2C)CC1. The monoisotopic (exact) mass is 412 g/mol. The number of hydrogen-bond acceptors (Lipinski definition) is 4. The summed E-state index contributed by atoms with van der Waals surface area (Å²) in [5.74, 6) is 3.04. The van der Waals surface area contributed by atoms with E-state index in [1.165, 1.54) is 5.56 Å².